The van der Waals surface area contributed by atoms with Gasteiger partial charge < -0.3 is 14.8 Å². The average molecular weight is 466 g/mol. The zero-order valence-electron chi connectivity index (χ0n) is 19.1. The van der Waals surface area contributed by atoms with E-state index in [1.807, 2.05) is 50.3 Å². The number of ether oxygens (including phenoxy) is 1. The summed E-state index contributed by atoms with van der Waals surface area (Å²) in [7, 11) is 0. The molecule has 2 N–H and O–H groups in total. The minimum atomic E-state index is -0.958. The lowest BCUT2D eigenvalue weighted by atomic mass is 9.88. The molecule has 0 amide bonds. The summed E-state index contributed by atoms with van der Waals surface area (Å²) in [6.07, 6.45) is 2.03. The molecule has 0 saturated heterocycles. The number of nitrogens with zero attached hydrogens (tertiary/aromatic N) is 1. The van der Waals surface area contributed by atoms with Gasteiger partial charge in [0.2, 0.25) is 0 Å². The van der Waals surface area contributed by atoms with Crippen LogP contribution in [0.3, 0.4) is 0 Å². The molecule has 0 radical (unpaired) electrons. The van der Waals surface area contributed by atoms with Crippen molar-refractivity contribution in [3.05, 3.63) is 112 Å². The number of carboxylic acid groups (broad SMARTS) is 1. The average Bonchev–Trinajstić information content (AvgIpc) is 3.33. The van der Waals surface area contributed by atoms with E-state index in [4.69, 9.17) is 9.84 Å². The van der Waals surface area contributed by atoms with Crippen LogP contribution in [0.5, 0.6) is 5.75 Å². The molecule has 4 aromatic rings. The maximum absolute atomic E-state index is 11.1. The third kappa shape index (κ3) is 4.31. The summed E-state index contributed by atoms with van der Waals surface area (Å²) in [5.41, 5.74) is 6.08. The lowest BCUT2D eigenvalue weighted by Gasteiger charge is -2.31. The molecular formula is C28H22N2O5. The number of nitrogens with one attached hydrogen (secondary N) is 1. The Balaban J connectivity index is 1.52. The maximum atomic E-state index is 11.1. The largest absolute Gasteiger partial charge is 0.483 e. The van der Waals surface area contributed by atoms with Crippen LogP contribution in [0.4, 0.5) is 5.69 Å². The summed E-state index contributed by atoms with van der Waals surface area (Å²) in [6, 6.07) is 23.1. The van der Waals surface area contributed by atoms with E-state index in [2.05, 4.69) is 4.98 Å². The highest BCUT2D eigenvalue weighted by atomic mass is 16.6. The highest BCUT2D eigenvalue weighted by Crippen LogP contribution is 2.41. The Bertz CT molecular complexity index is 1480. The van der Waals surface area contributed by atoms with E-state index in [0.29, 0.717) is 0 Å². The second-order valence-corrected chi connectivity index (χ2v) is 8.95. The molecule has 0 bridgehead atoms. The zero-order chi connectivity index (χ0) is 24.7. The van der Waals surface area contributed by atoms with Crippen LogP contribution in [0.2, 0.25) is 0 Å². The highest BCUT2D eigenvalue weighted by Gasteiger charge is 2.28. The smallest absolute Gasteiger partial charge is 0.335 e. The Labute approximate surface area is 201 Å². The molecule has 2 heterocycles. The molecule has 0 fully saturated rings. The van der Waals surface area contributed by atoms with Crippen LogP contribution in [0, 0.1) is 10.1 Å². The molecule has 7 nitrogen and oxygen atoms in total. The van der Waals surface area contributed by atoms with Crippen LogP contribution in [0.15, 0.2) is 84.9 Å². The summed E-state index contributed by atoms with van der Waals surface area (Å²) in [6.45, 7) is 3.95. The van der Waals surface area contributed by atoms with Gasteiger partial charge in [-0.25, -0.2) is 4.79 Å². The van der Waals surface area contributed by atoms with Gasteiger partial charge in [0.15, 0.2) is 0 Å². The fraction of sp³-hybridized carbons (Fsp3) is 0.107. The quantitative estimate of drug-likeness (QED) is 0.256. The third-order valence-electron chi connectivity index (χ3n) is 5.96. The highest BCUT2D eigenvalue weighted by molar-refractivity contribution is 5.89. The molecule has 0 atom stereocenters. The van der Waals surface area contributed by atoms with Crippen LogP contribution in [-0.4, -0.2) is 26.6 Å². The van der Waals surface area contributed by atoms with Crippen molar-refractivity contribution in [2.75, 3.05) is 0 Å². The number of fused-ring (bicyclic) bond motifs is 1. The Morgan fingerprint density at radius 3 is 2.11 bits per heavy atom. The SMILES string of the molecule is CC1(C)C=C(c2ccc([N+](=O)[O-])cc2)c2cc(-c3ccc(-c4ccc(C(=O)O)cc4)[nH]3)ccc2O1. The standard InChI is InChI=1S/C28H22N2O5/c1-28(2)16-23(17-7-10-21(11-8-17)30(33)34)22-15-20(9-14-26(22)35-28)25-13-12-24(29-25)18-3-5-19(6-4-18)27(31)32/h3-16,29H,1-2H3,(H,31,32). The number of aromatic carboxylic acids is 1. The topological polar surface area (TPSA) is 105 Å². The molecule has 174 valence electrons. The van der Waals surface area contributed by atoms with Crippen molar-refractivity contribution in [2.24, 2.45) is 0 Å². The summed E-state index contributed by atoms with van der Waals surface area (Å²) in [5, 5.41) is 20.2. The normalized spacial score (nSPS) is 13.9. The van der Waals surface area contributed by atoms with E-state index in [-0.39, 0.29) is 11.3 Å². The van der Waals surface area contributed by atoms with Gasteiger partial charge in [-0.2, -0.15) is 0 Å². The third-order valence-corrected chi connectivity index (χ3v) is 5.96. The monoisotopic (exact) mass is 466 g/mol. The number of nitro benzene ring substituents is 1. The van der Waals surface area contributed by atoms with Gasteiger partial charge in [-0.3, -0.25) is 10.1 Å². The van der Waals surface area contributed by atoms with Gasteiger partial charge >= 0.3 is 5.97 Å². The predicted molar refractivity (Wildman–Crippen MR) is 134 cm³/mol. The first-order valence-corrected chi connectivity index (χ1v) is 11.0. The number of aromatic nitrogens is 1. The number of aromatic amines is 1. The van der Waals surface area contributed by atoms with E-state index in [1.165, 1.54) is 12.1 Å². The first kappa shape index (κ1) is 22.2. The van der Waals surface area contributed by atoms with E-state index < -0.39 is 16.5 Å². The van der Waals surface area contributed by atoms with Gasteiger partial charge in [0.1, 0.15) is 11.4 Å². The minimum absolute atomic E-state index is 0.0462. The Hall–Kier alpha value is -4.65. The molecule has 5 rings (SSSR count). The predicted octanol–water partition coefficient (Wildman–Crippen LogP) is 6.56. The van der Waals surface area contributed by atoms with Crippen LogP contribution < -0.4 is 4.74 Å². The van der Waals surface area contributed by atoms with Crippen molar-refractivity contribution in [3.8, 4) is 28.3 Å². The van der Waals surface area contributed by atoms with Gasteiger partial charge in [0.05, 0.1) is 10.5 Å². The summed E-state index contributed by atoms with van der Waals surface area (Å²) < 4.78 is 6.19. The van der Waals surface area contributed by atoms with Crippen LogP contribution >= 0.6 is 0 Å². The second-order valence-electron chi connectivity index (χ2n) is 8.95. The summed E-state index contributed by atoms with van der Waals surface area (Å²) >= 11 is 0. The van der Waals surface area contributed by atoms with Crippen molar-refractivity contribution in [2.45, 2.75) is 19.4 Å². The molecule has 0 spiro atoms. The van der Waals surface area contributed by atoms with Crippen LogP contribution in [-0.2, 0) is 0 Å². The van der Waals surface area contributed by atoms with Gasteiger partial charge in [0.25, 0.3) is 5.69 Å². The lowest BCUT2D eigenvalue weighted by Crippen LogP contribution is -2.29. The number of carboxylic acids is 1. The van der Waals surface area contributed by atoms with Gasteiger partial charge in [-0.1, -0.05) is 12.1 Å². The van der Waals surface area contributed by atoms with Crippen LogP contribution in [0.1, 0.15) is 35.3 Å². The van der Waals surface area contributed by atoms with Crippen molar-refractivity contribution in [1.82, 2.24) is 4.98 Å². The van der Waals surface area contributed by atoms with Gasteiger partial charge in [-0.05, 0) is 96.8 Å². The van der Waals surface area contributed by atoms with Crippen molar-refractivity contribution >= 4 is 17.2 Å². The second kappa shape index (κ2) is 8.29. The Kier molecular flexibility index (Phi) is 5.25. The summed E-state index contributed by atoms with van der Waals surface area (Å²) in [5.74, 6) is -0.217. The van der Waals surface area contributed by atoms with Gasteiger partial charge in [-0.15, -0.1) is 0 Å². The van der Waals surface area contributed by atoms with E-state index in [1.54, 1.807) is 36.4 Å². The maximum Gasteiger partial charge on any atom is 0.335 e. The fourth-order valence-corrected chi connectivity index (χ4v) is 4.26. The molecule has 1 aliphatic heterocycles. The molecule has 7 heteroatoms. The summed E-state index contributed by atoms with van der Waals surface area (Å²) in [4.78, 5) is 25.2. The number of rotatable bonds is 5. The van der Waals surface area contributed by atoms with Gasteiger partial charge in [0, 0.05) is 29.1 Å². The first-order chi connectivity index (χ1) is 16.7. The number of hydrogen-bond acceptors (Lipinski definition) is 4. The molecule has 0 aliphatic carbocycles. The number of H-pyrrole nitrogens is 1. The van der Waals surface area contributed by atoms with E-state index >= 15 is 0 Å². The Morgan fingerprint density at radius 1 is 0.886 bits per heavy atom. The number of carbonyl (C=O) groups is 1. The van der Waals surface area contributed by atoms with Crippen LogP contribution in [0.25, 0.3) is 28.1 Å². The lowest BCUT2D eigenvalue weighted by molar-refractivity contribution is -0.384. The van der Waals surface area contributed by atoms with Crippen molar-refractivity contribution < 1.29 is 19.6 Å². The molecule has 0 saturated carbocycles. The molecule has 35 heavy (non-hydrogen) atoms. The fourth-order valence-electron chi connectivity index (χ4n) is 4.26. The molecule has 3 aromatic carbocycles. The van der Waals surface area contributed by atoms with E-state index in [0.717, 1.165) is 45.0 Å². The van der Waals surface area contributed by atoms with Crippen molar-refractivity contribution in [1.29, 1.82) is 0 Å². The molecule has 0 unspecified atom stereocenters. The number of non-ortho nitro benzene ring substituents is 1. The molecular weight excluding hydrogens is 444 g/mol. The van der Waals surface area contributed by atoms with E-state index in [9.17, 15) is 14.9 Å². The Morgan fingerprint density at radius 2 is 1.49 bits per heavy atom. The molecule has 1 aliphatic rings. The number of hydrogen-bond donors (Lipinski definition) is 2. The first-order valence-electron chi connectivity index (χ1n) is 11.0. The van der Waals surface area contributed by atoms with Crippen molar-refractivity contribution in [3.63, 3.8) is 0 Å². The zero-order valence-corrected chi connectivity index (χ0v) is 19.1. The number of benzene rings is 3. The number of nitro groups is 1. The minimum Gasteiger partial charge on any atom is -0.483 e. The molecule has 1 aromatic heterocycles.